The number of hydrogen-bond donors (Lipinski definition) is 3. The average molecular weight is 479 g/mol. The molecule has 0 saturated carbocycles. The third-order valence-corrected chi connectivity index (χ3v) is 6.29. The number of rotatable bonds is 6. The number of pyridine rings is 2. The largest absolute Gasteiger partial charge is 0.477 e. The molecule has 8 nitrogen and oxygen atoms in total. The first-order valence-corrected chi connectivity index (χ1v) is 11.1. The van der Waals surface area contributed by atoms with Gasteiger partial charge in [0.1, 0.15) is 28.2 Å². The number of nitrogens with one attached hydrogen (secondary N) is 1. The molecule has 10 heteroatoms. The second-order valence-corrected chi connectivity index (χ2v) is 8.72. The first-order chi connectivity index (χ1) is 16.8. The average Bonchev–Trinajstić information content (AvgIpc) is 2.80. The fourth-order valence-electron chi connectivity index (χ4n) is 4.49. The number of aromatic carboxylic acids is 1. The Hall–Kier alpha value is -4.05. The van der Waals surface area contributed by atoms with E-state index >= 15 is 4.39 Å². The number of aromatic nitrogens is 2. The number of halogens is 2. The number of hydrogen-bond acceptors (Lipinski definition) is 6. The lowest BCUT2D eigenvalue weighted by Gasteiger charge is -2.42. The number of carboxylic acids is 1. The number of aryl methyl sites for hydroxylation is 1. The van der Waals surface area contributed by atoms with Crippen molar-refractivity contribution in [3.8, 4) is 0 Å². The van der Waals surface area contributed by atoms with Gasteiger partial charge in [-0.1, -0.05) is 12.1 Å². The molecule has 0 atom stereocenters. The number of benzene rings is 2. The van der Waals surface area contributed by atoms with Crippen molar-refractivity contribution in [1.29, 1.82) is 0 Å². The van der Waals surface area contributed by atoms with Crippen LogP contribution in [0.2, 0.25) is 0 Å². The molecule has 0 radical (unpaired) electrons. The van der Waals surface area contributed by atoms with Gasteiger partial charge in [0.05, 0.1) is 11.4 Å². The molecule has 2 aromatic heterocycles. The predicted octanol–water partition coefficient (Wildman–Crippen LogP) is 2.87. The zero-order valence-electron chi connectivity index (χ0n) is 18.9. The van der Waals surface area contributed by atoms with Crippen molar-refractivity contribution in [1.82, 2.24) is 9.55 Å². The summed E-state index contributed by atoms with van der Waals surface area (Å²) in [6.45, 7) is 1.38. The van der Waals surface area contributed by atoms with Gasteiger partial charge in [-0.2, -0.15) is 0 Å². The van der Waals surface area contributed by atoms with E-state index in [0.717, 1.165) is 29.9 Å². The van der Waals surface area contributed by atoms with Crippen molar-refractivity contribution < 1.29 is 18.7 Å². The Kier molecular flexibility index (Phi) is 5.60. The van der Waals surface area contributed by atoms with Crippen molar-refractivity contribution in [2.75, 3.05) is 29.9 Å². The van der Waals surface area contributed by atoms with Gasteiger partial charge in [-0.3, -0.25) is 4.79 Å². The van der Waals surface area contributed by atoms with Gasteiger partial charge in [-0.05, 0) is 42.8 Å². The van der Waals surface area contributed by atoms with Crippen LogP contribution in [0, 0.1) is 11.6 Å². The van der Waals surface area contributed by atoms with Crippen LogP contribution >= 0.6 is 0 Å². The van der Waals surface area contributed by atoms with E-state index in [-0.39, 0.29) is 33.7 Å². The molecule has 4 aromatic rings. The van der Waals surface area contributed by atoms with Gasteiger partial charge >= 0.3 is 5.97 Å². The Labute approximate surface area is 198 Å². The van der Waals surface area contributed by atoms with Crippen LogP contribution in [0.1, 0.15) is 15.9 Å². The standard InChI is InChI=1S/C25H23F2N5O3/c1-31-12-18(25(34)35)23(33)17-8-14-9-19(26)22(20(27)21(14)30-24(17)31)32-10-16(11-32)29-15-4-2-13(3-5-15)6-7-28/h2-5,8-9,12,16,29H,6-7,10-11,28H2,1H3,(H,34,35). The first-order valence-electron chi connectivity index (χ1n) is 11.1. The van der Waals surface area contributed by atoms with Crippen molar-refractivity contribution >= 4 is 39.3 Å². The second kappa shape index (κ2) is 8.62. The summed E-state index contributed by atoms with van der Waals surface area (Å²) in [5.41, 5.74) is 6.31. The van der Waals surface area contributed by atoms with Gasteiger partial charge in [0.2, 0.25) is 5.43 Å². The molecular weight excluding hydrogens is 456 g/mol. The van der Waals surface area contributed by atoms with Crippen LogP contribution in [-0.2, 0) is 13.5 Å². The molecule has 1 saturated heterocycles. The summed E-state index contributed by atoms with van der Waals surface area (Å²) in [5.74, 6) is -2.97. The number of nitrogens with zero attached hydrogens (tertiary/aromatic N) is 3. The number of carbonyl (C=O) groups is 1. The summed E-state index contributed by atoms with van der Waals surface area (Å²) < 4.78 is 31.8. The highest BCUT2D eigenvalue weighted by atomic mass is 19.1. The third-order valence-electron chi connectivity index (χ3n) is 6.29. The van der Waals surface area contributed by atoms with E-state index in [9.17, 15) is 19.1 Å². The van der Waals surface area contributed by atoms with E-state index in [1.165, 1.54) is 17.7 Å². The molecule has 0 bridgehead atoms. The van der Waals surface area contributed by atoms with E-state index in [2.05, 4.69) is 10.3 Å². The minimum atomic E-state index is -1.38. The summed E-state index contributed by atoms with van der Waals surface area (Å²) in [4.78, 5) is 29.8. The molecule has 1 aliphatic rings. The van der Waals surface area contributed by atoms with Crippen LogP contribution in [0.4, 0.5) is 20.2 Å². The minimum Gasteiger partial charge on any atom is -0.477 e. The molecular formula is C25H23F2N5O3. The van der Waals surface area contributed by atoms with Crippen LogP contribution in [0.15, 0.2) is 47.4 Å². The zero-order valence-corrected chi connectivity index (χ0v) is 18.9. The number of anilines is 2. The lowest BCUT2D eigenvalue weighted by Crippen LogP contribution is -2.55. The highest BCUT2D eigenvalue weighted by Crippen LogP contribution is 2.34. The molecule has 35 heavy (non-hydrogen) atoms. The smallest absolute Gasteiger partial charge is 0.341 e. The molecule has 0 spiro atoms. The van der Waals surface area contributed by atoms with E-state index in [1.807, 2.05) is 24.3 Å². The van der Waals surface area contributed by atoms with Gasteiger partial charge in [-0.25, -0.2) is 18.6 Å². The molecule has 0 unspecified atom stereocenters. The zero-order chi connectivity index (χ0) is 24.9. The Morgan fingerprint density at radius 2 is 1.94 bits per heavy atom. The van der Waals surface area contributed by atoms with E-state index in [1.54, 1.807) is 4.90 Å². The Morgan fingerprint density at radius 1 is 1.23 bits per heavy atom. The molecule has 3 heterocycles. The quantitative estimate of drug-likeness (QED) is 0.365. The van der Waals surface area contributed by atoms with Crippen LogP contribution in [0.5, 0.6) is 0 Å². The summed E-state index contributed by atoms with van der Waals surface area (Å²) in [6.07, 6.45) is 1.94. The maximum atomic E-state index is 15.5. The second-order valence-electron chi connectivity index (χ2n) is 8.72. The minimum absolute atomic E-state index is 0.0165. The highest BCUT2D eigenvalue weighted by Gasteiger charge is 2.32. The van der Waals surface area contributed by atoms with Gasteiger partial charge in [0, 0.05) is 37.4 Å². The number of carboxylic acid groups (broad SMARTS) is 1. The Balaban J connectivity index is 1.44. The lowest BCUT2D eigenvalue weighted by atomic mass is 10.0. The molecule has 5 rings (SSSR count). The number of fused-ring (bicyclic) bond motifs is 2. The monoisotopic (exact) mass is 479 g/mol. The van der Waals surface area contributed by atoms with Crippen LogP contribution in [0.3, 0.4) is 0 Å². The van der Waals surface area contributed by atoms with E-state index in [0.29, 0.717) is 19.6 Å². The third kappa shape index (κ3) is 3.95. The maximum Gasteiger partial charge on any atom is 0.341 e. The molecule has 0 aliphatic carbocycles. The van der Waals surface area contributed by atoms with E-state index in [4.69, 9.17) is 5.73 Å². The van der Waals surface area contributed by atoms with Crippen molar-refractivity contribution in [3.63, 3.8) is 0 Å². The molecule has 2 aromatic carbocycles. The highest BCUT2D eigenvalue weighted by molar-refractivity contribution is 5.97. The first kappa shape index (κ1) is 22.7. The van der Waals surface area contributed by atoms with Crippen LogP contribution in [-0.4, -0.2) is 46.3 Å². The SMILES string of the molecule is Cn1cc(C(=O)O)c(=O)c2cc3cc(F)c(N4CC(Nc5ccc(CCN)cc5)C4)c(F)c3nc21. The normalized spacial score (nSPS) is 13.9. The Bertz CT molecular complexity index is 1530. The van der Waals surface area contributed by atoms with Crippen molar-refractivity contribution in [2.45, 2.75) is 12.5 Å². The molecule has 0 amide bonds. The topological polar surface area (TPSA) is 113 Å². The van der Waals surface area contributed by atoms with E-state index < -0.39 is 28.6 Å². The summed E-state index contributed by atoms with van der Waals surface area (Å²) in [6, 6.07) is 10.3. The van der Waals surface area contributed by atoms with Crippen molar-refractivity contribution in [2.24, 2.45) is 12.8 Å². The molecule has 1 fully saturated rings. The van der Waals surface area contributed by atoms with Gasteiger partial charge in [0.25, 0.3) is 0 Å². The van der Waals surface area contributed by atoms with Gasteiger partial charge < -0.3 is 25.6 Å². The number of nitrogens with two attached hydrogens (primary N) is 1. The van der Waals surface area contributed by atoms with Gasteiger partial charge in [0.15, 0.2) is 5.82 Å². The summed E-state index contributed by atoms with van der Waals surface area (Å²) in [5, 5.41) is 12.7. The molecule has 180 valence electrons. The Morgan fingerprint density at radius 3 is 2.60 bits per heavy atom. The molecule has 1 aliphatic heterocycles. The van der Waals surface area contributed by atoms with Crippen molar-refractivity contribution in [3.05, 3.63) is 75.6 Å². The predicted molar refractivity (Wildman–Crippen MR) is 130 cm³/mol. The van der Waals surface area contributed by atoms with Crippen LogP contribution in [0.25, 0.3) is 21.9 Å². The maximum absolute atomic E-state index is 15.5. The van der Waals surface area contributed by atoms with Crippen LogP contribution < -0.4 is 21.4 Å². The summed E-state index contributed by atoms with van der Waals surface area (Å²) in [7, 11) is 1.52. The fourth-order valence-corrected chi connectivity index (χ4v) is 4.49. The fraction of sp³-hybridized carbons (Fsp3) is 0.240. The summed E-state index contributed by atoms with van der Waals surface area (Å²) >= 11 is 0. The lowest BCUT2D eigenvalue weighted by molar-refractivity contribution is 0.0695. The van der Waals surface area contributed by atoms with Gasteiger partial charge in [-0.15, -0.1) is 0 Å². The molecule has 4 N–H and O–H groups in total.